The highest BCUT2D eigenvalue weighted by Gasteiger charge is 2.22. The van der Waals surface area contributed by atoms with E-state index in [0.29, 0.717) is 34.1 Å². The molecular weight excluding hydrogens is 486 g/mol. The van der Waals surface area contributed by atoms with Crippen LogP contribution in [-0.4, -0.2) is 38.3 Å². The van der Waals surface area contributed by atoms with Gasteiger partial charge in [0.25, 0.3) is 11.8 Å². The van der Waals surface area contributed by atoms with Gasteiger partial charge < -0.3 is 14.8 Å². The van der Waals surface area contributed by atoms with Gasteiger partial charge in [-0.3, -0.25) is 9.59 Å². The summed E-state index contributed by atoms with van der Waals surface area (Å²) in [5.74, 6) is 0.552. The molecule has 0 aliphatic rings. The van der Waals surface area contributed by atoms with Gasteiger partial charge in [0.05, 0.1) is 24.9 Å². The SMILES string of the molecule is COc1cc(OC)c(C=NNC(=O)C(CC(C)C)NC(=O)c2ccc(Cl)cc2)cc1Br. The number of amides is 2. The van der Waals surface area contributed by atoms with Gasteiger partial charge in [-0.05, 0) is 58.6 Å². The van der Waals surface area contributed by atoms with Gasteiger partial charge >= 0.3 is 0 Å². The van der Waals surface area contributed by atoms with Crippen molar-refractivity contribution in [1.29, 1.82) is 0 Å². The molecule has 2 rings (SSSR count). The maximum absolute atomic E-state index is 12.7. The van der Waals surface area contributed by atoms with Crippen molar-refractivity contribution in [3.8, 4) is 11.5 Å². The molecule has 9 heteroatoms. The smallest absolute Gasteiger partial charge is 0.262 e. The van der Waals surface area contributed by atoms with E-state index in [1.807, 2.05) is 13.8 Å². The van der Waals surface area contributed by atoms with Crippen LogP contribution in [0.4, 0.5) is 0 Å². The number of carbonyl (C=O) groups excluding carboxylic acids is 2. The summed E-state index contributed by atoms with van der Waals surface area (Å²) in [4.78, 5) is 25.2. The first-order valence-electron chi connectivity index (χ1n) is 9.56. The fourth-order valence-electron chi connectivity index (χ4n) is 2.77. The predicted octanol–water partition coefficient (Wildman–Crippen LogP) is 4.41. The molecule has 0 aliphatic carbocycles. The normalized spacial score (nSPS) is 12.0. The Balaban J connectivity index is 2.11. The van der Waals surface area contributed by atoms with Crippen molar-refractivity contribution < 1.29 is 19.1 Å². The Hall–Kier alpha value is -2.58. The van der Waals surface area contributed by atoms with Crippen LogP contribution in [0, 0.1) is 5.92 Å². The molecule has 2 amide bonds. The van der Waals surface area contributed by atoms with Crippen LogP contribution in [0.5, 0.6) is 11.5 Å². The van der Waals surface area contributed by atoms with E-state index >= 15 is 0 Å². The molecule has 0 bridgehead atoms. The fraction of sp³-hybridized carbons (Fsp3) is 0.318. The Morgan fingerprint density at radius 1 is 1.13 bits per heavy atom. The lowest BCUT2D eigenvalue weighted by atomic mass is 10.0. The molecule has 2 aromatic rings. The second kappa shape index (κ2) is 11.7. The molecule has 0 saturated heterocycles. The zero-order valence-corrected chi connectivity index (χ0v) is 20.1. The van der Waals surface area contributed by atoms with Gasteiger partial charge in [-0.1, -0.05) is 25.4 Å². The summed E-state index contributed by atoms with van der Waals surface area (Å²) in [5, 5.41) is 7.32. The first-order chi connectivity index (χ1) is 14.7. The molecule has 1 atom stereocenters. The second-order valence-corrected chi connectivity index (χ2v) is 8.42. The maximum atomic E-state index is 12.7. The molecule has 7 nitrogen and oxygen atoms in total. The molecular formula is C22H25BrClN3O4. The van der Waals surface area contributed by atoms with Crippen LogP contribution < -0.4 is 20.2 Å². The van der Waals surface area contributed by atoms with Gasteiger partial charge in [0, 0.05) is 22.2 Å². The first kappa shape index (κ1) is 24.7. The van der Waals surface area contributed by atoms with Crippen molar-refractivity contribution in [2.24, 2.45) is 11.0 Å². The number of hydrazone groups is 1. The predicted molar refractivity (Wildman–Crippen MR) is 125 cm³/mol. The van der Waals surface area contributed by atoms with E-state index in [4.69, 9.17) is 21.1 Å². The Labute approximate surface area is 195 Å². The van der Waals surface area contributed by atoms with Gasteiger partial charge in [0.2, 0.25) is 0 Å². The Kier molecular flexibility index (Phi) is 9.33. The first-order valence-corrected chi connectivity index (χ1v) is 10.7. The molecule has 2 aromatic carbocycles. The summed E-state index contributed by atoms with van der Waals surface area (Å²) in [6, 6.07) is 9.19. The number of nitrogens with zero attached hydrogens (tertiary/aromatic N) is 1. The molecule has 0 aliphatic heterocycles. The number of nitrogens with one attached hydrogen (secondary N) is 2. The quantitative estimate of drug-likeness (QED) is 0.386. The zero-order valence-electron chi connectivity index (χ0n) is 17.7. The summed E-state index contributed by atoms with van der Waals surface area (Å²) in [7, 11) is 3.09. The largest absolute Gasteiger partial charge is 0.496 e. The summed E-state index contributed by atoms with van der Waals surface area (Å²) >= 11 is 9.28. The van der Waals surface area contributed by atoms with Crippen molar-refractivity contribution >= 4 is 45.6 Å². The standard InChI is InChI=1S/C22H25BrClN3O4/c1-13(2)9-18(26-21(28)14-5-7-16(24)8-6-14)22(29)27-25-12-15-10-17(23)20(31-4)11-19(15)30-3/h5-8,10-13,18H,9H2,1-4H3,(H,26,28)(H,27,29). The number of hydrogen-bond donors (Lipinski definition) is 2. The van der Waals surface area contributed by atoms with E-state index in [2.05, 4.69) is 31.8 Å². The summed E-state index contributed by atoms with van der Waals surface area (Å²) in [6.07, 6.45) is 1.92. The molecule has 166 valence electrons. The molecule has 31 heavy (non-hydrogen) atoms. The molecule has 0 aromatic heterocycles. The number of halogens is 2. The van der Waals surface area contributed by atoms with Crippen LogP contribution >= 0.6 is 27.5 Å². The average molecular weight is 511 g/mol. The van der Waals surface area contributed by atoms with E-state index in [9.17, 15) is 9.59 Å². The molecule has 0 heterocycles. The topological polar surface area (TPSA) is 89.0 Å². The van der Waals surface area contributed by atoms with Crippen molar-refractivity contribution in [2.75, 3.05) is 14.2 Å². The fourth-order valence-corrected chi connectivity index (χ4v) is 3.42. The Bertz CT molecular complexity index is 949. The van der Waals surface area contributed by atoms with Gasteiger partial charge in [-0.2, -0.15) is 5.10 Å². The summed E-state index contributed by atoms with van der Waals surface area (Å²) in [5.41, 5.74) is 3.55. The lowest BCUT2D eigenvalue weighted by Gasteiger charge is -2.19. The minimum atomic E-state index is -0.746. The van der Waals surface area contributed by atoms with E-state index in [1.165, 1.54) is 13.3 Å². The van der Waals surface area contributed by atoms with E-state index in [-0.39, 0.29) is 11.8 Å². The van der Waals surface area contributed by atoms with Crippen LogP contribution in [0.15, 0.2) is 46.0 Å². The number of methoxy groups -OCH3 is 2. The highest BCUT2D eigenvalue weighted by molar-refractivity contribution is 9.10. The zero-order chi connectivity index (χ0) is 23.0. The molecule has 0 fully saturated rings. The monoisotopic (exact) mass is 509 g/mol. The van der Waals surface area contributed by atoms with Crippen molar-refractivity contribution in [2.45, 2.75) is 26.3 Å². The van der Waals surface area contributed by atoms with Crippen molar-refractivity contribution in [1.82, 2.24) is 10.7 Å². The van der Waals surface area contributed by atoms with E-state index < -0.39 is 11.9 Å². The minimum absolute atomic E-state index is 0.183. The van der Waals surface area contributed by atoms with Crippen LogP contribution in [0.25, 0.3) is 0 Å². The lowest BCUT2D eigenvalue weighted by molar-refractivity contribution is -0.123. The molecule has 0 radical (unpaired) electrons. The van der Waals surface area contributed by atoms with Crippen LogP contribution in [0.1, 0.15) is 36.2 Å². The number of hydrogen-bond acceptors (Lipinski definition) is 5. The molecule has 0 saturated carbocycles. The van der Waals surface area contributed by atoms with Gasteiger partial charge in [-0.25, -0.2) is 5.43 Å². The number of ether oxygens (including phenoxy) is 2. The second-order valence-electron chi connectivity index (χ2n) is 7.13. The molecule has 1 unspecified atom stereocenters. The number of benzene rings is 2. The van der Waals surface area contributed by atoms with E-state index in [0.717, 1.165) is 4.47 Å². The van der Waals surface area contributed by atoms with Crippen molar-refractivity contribution in [3.63, 3.8) is 0 Å². The number of rotatable bonds is 9. The van der Waals surface area contributed by atoms with Gasteiger partial charge in [0.15, 0.2) is 0 Å². The van der Waals surface area contributed by atoms with Gasteiger partial charge in [-0.15, -0.1) is 0 Å². The Morgan fingerprint density at radius 2 is 1.77 bits per heavy atom. The number of carbonyl (C=O) groups is 2. The Morgan fingerprint density at radius 3 is 2.35 bits per heavy atom. The minimum Gasteiger partial charge on any atom is -0.496 e. The summed E-state index contributed by atoms with van der Waals surface area (Å²) < 4.78 is 11.3. The third kappa shape index (κ3) is 7.25. The lowest BCUT2D eigenvalue weighted by Crippen LogP contribution is -2.46. The highest BCUT2D eigenvalue weighted by atomic mass is 79.9. The third-order valence-electron chi connectivity index (χ3n) is 4.32. The maximum Gasteiger partial charge on any atom is 0.262 e. The summed E-state index contributed by atoms with van der Waals surface area (Å²) in [6.45, 7) is 3.94. The van der Waals surface area contributed by atoms with Crippen molar-refractivity contribution in [3.05, 3.63) is 57.0 Å². The van der Waals surface area contributed by atoms with Crippen LogP contribution in [0.3, 0.4) is 0 Å². The van der Waals surface area contributed by atoms with Crippen LogP contribution in [-0.2, 0) is 4.79 Å². The molecule has 2 N–H and O–H groups in total. The third-order valence-corrected chi connectivity index (χ3v) is 5.19. The van der Waals surface area contributed by atoms with Crippen LogP contribution in [0.2, 0.25) is 5.02 Å². The van der Waals surface area contributed by atoms with Gasteiger partial charge in [0.1, 0.15) is 17.5 Å². The highest BCUT2D eigenvalue weighted by Crippen LogP contribution is 2.31. The molecule has 0 spiro atoms. The average Bonchev–Trinajstić information content (AvgIpc) is 2.73. The van der Waals surface area contributed by atoms with E-state index in [1.54, 1.807) is 43.5 Å².